The maximum absolute atomic E-state index is 7.66. The van der Waals surface area contributed by atoms with Crippen molar-refractivity contribution in [2.75, 3.05) is 7.11 Å². The second-order valence-electron chi connectivity index (χ2n) is 14.2. The van der Waals surface area contributed by atoms with E-state index in [9.17, 15) is 0 Å². The van der Waals surface area contributed by atoms with Gasteiger partial charge in [-0.05, 0) is 87.0 Å². The highest BCUT2D eigenvalue weighted by Crippen LogP contribution is 2.60. The van der Waals surface area contributed by atoms with Crippen molar-refractivity contribution in [1.82, 2.24) is 0 Å². The molecular weight excluding hydrogens is 585 g/mol. The second kappa shape index (κ2) is 10.2. The molecule has 0 radical (unpaired) electrons. The van der Waals surface area contributed by atoms with Crippen LogP contribution in [0, 0.1) is 0 Å². The van der Waals surface area contributed by atoms with Crippen LogP contribution in [0.1, 0.15) is 79.5 Å². The van der Waals surface area contributed by atoms with Gasteiger partial charge in [0.05, 0.1) is 7.11 Å². The van der Waals surface area contributed by atoms with E-state index < -0.39 is 5.60 Å². The molecule has 0 amide bonds. The Morgan fingerprint density at radius 1 is 0.625 bits per heavy atom. The van der Waals surface area contributed by atoms with E-state index in [1.54, 1.807) is 7.11 Å². The number of benzene rings is 6. The van der Waals surface area contributed by atoms with Crippen molar-refractivity contribution < 1.29 is 9.47 Å². The first-order valence-electron chi connectivity index (χ1n) is 17.3. The van der Waals surface area contributed by atoms with Crippen LogP contribution in [0.3, 0.4) is 0 Å². The van der Waals surface area contributed by atoms with Gasteiger partial charge in [-0.2, -0.15) is 0 Å². The number of rotatable bonds is 5. The summed E-state index contributed by atoms with van der Waals surface area (Å²) in [5.41, 5.74) is 13.3. The number of hydrogen-bond acceptors (Lipinski definition) is 2. The fourth-order valence-corrected chi connectivity index (χ4v) is 9.36. The lowest BCUT2D eigenvalue weighted by atomic mass is 9.71. The van der Waals surface area contributed by atoms with Crippen LogP contribution in [0.5, 0.6) is 11.5 Å². The van der Waals surface area contributed by atoms with Crippen LogP contribution in [0.25, 0.3) is 39.1 Å². The highest BCUT2D eigenvalue weighted by atomic mass is 16.5. The van der Waals surface area contributed by atoms with Gasteiger partial charge in [0, 0.05) is 32.9 Å². The Labute approximate surface area is 283 Å². The van der Waals surface area contributed by atoms with Crippen molar-refractivity contribution in [1.29, 1.82) is 0 Å². The van der Waals surface area contributed by atoms with Crippen molar-refractivity contribution in [3.8, 4) is 33.8 Å². The summed E-state index contributed by atoms with van der Waals surface area (Å²) in [5.74, 6) is 1.79. The first-order chi connectivity index (χ1) is 23.4. The molecule has 6 aromatic carbocycles. The maximum Gasteiger partial charge on any atom is 0.178 e. The molecule has 0 fully saturated rings. The van der Waals surface area contributed by atoms with E-state index in [1.165, 1.54) is 55.5 Å². The summed E-state index contributed by atoms with van der Waals surface area (Å²) in [6.45, 7) is 9.38. The minimum absolute atomic E-state index is 0.0861. The van der Waals surface area contributed by atoms with E-state index in [-0.39, 0.29) is 10.8 Å². The Morgan fingerprint density at radius 2 is 1.25 bits per heavy atom. The van der Waals surface area contributed by atoms with Crippen LogP contribution in [0.15, 0.2) is 121 Å². The Balaban J connectivity index is 1.33. The van der Waals surface area contributed by atoms with Crippen LogP contribution in [-0.4, -0.2) is 7.11 Å². The van der Waals surface area contributed by atoms with Crippen LogP contribution in [0.2, 0.25) is 0 Å². The van der Waals surface area contributed by atoms with E-state index in [0.29, 0.717) is 0 Å². The number of ether oxygens (including phenoxy) is 2. The smallest absolute Gasteiger partial charge is 0.178 e. The van der Waals surface area contributed by atoms with Crippen LogP contribution in [0.4, 0.5) is 0 Å². The zero-order valence-corrected chi connectivity index (χ0v) is 28.4. The summed E-state index contributed by atoms with van der Waals surface area (Å²) in [4.78, 5) is 0. The molecule has 48 heavy (non-hydrogen) atoms. The lowest BCUT2D eigenvalue weighted by Gasteiger charge is -2.40. The number of fused-ring (bicyclic) bond motifs is 11. The third-order valence-electron chi connectivity index (χ3n) is 11.9. The average Bonchev–Trinajstić information content (AvgIpc) is 3.57. The molecule has 1 heterocycles. The molecule has 2 aliphatic carbocycles. The van der Waals surface area contributed by atoms with E-state index in [1.807, 2.05) is 12.1 Å². The molecule has 0 spiro atoms. The Kier molecular flexibility index (Phi) is 6.19. The topological polar surface area (TPSA) is 18.5 Å². The Morgan fingerprint density at radius 3 is 1.98 bits per heavy atom. The summed E-state index contributed by atoms with van der Waals surface area (Å²) < 4.78 is 13.3. The summed E-state index contributed by atoms with van der Waals surface area (Å²) in [5, 5.41) is 2.41. The van der Waals surface area contributed by atoms with Gasteiger partial charge in [0.2, 0.25) is 0 Å². The van der Waals surface area contributed by atoms with Crippen LogP contribution in [-0.2, 0) is 16.4 Å². The first-order valence-corrected chi connectivity index (χ1v) is 17.3. The van der Waals surface area contributed by atoms with Crippen LogP contribution >= 0.6 is 0 Å². The zero-order chi connectivity index (χ0) is 32.8. The lowest BCUT2D eigenvalue weighted by molar-refractivity contribution is 0.163. The summed E-state index contributed by atoms with van der Waals surface area (Å²) in [7, 11) is 1.72. The van der Waals surface area contributed by atoms with E-state index in [0.717, 1.165) is 40.9 Å². The minimum Gasteiger partial charge on any atom is -0.497 e. The molecule has 0 saturated heterocycles. The zero-order valence-electron chi connectivity index (χ0n) is 28.4. The molecule has 0 aromatic heterocycles. The van der Waals surface area contributed by atoms with E-state index in [4.69, 9.17) is 9.47 Å². The van der Waals surface area contributed by atoms with Gasteiger partial charge in [0.25, 0.3) is 0 Å². The quantitative estimate of drug-likeness (QED) is 0.190. The highest BCUT2D eigenvalue weighted by molar-refractivity contribution is 6.08. The molecule has 0 saturated carbocycles. The molecule has 236 valence electrons. The van der Waals surface area contributed by atoms with Gasteiger partial charge >= 0.3 is 0 Å². The molecule has 6 aromatic rings. The van der Waals surface area contributed by atoms with Gasteiger partial charge < -0.3 is 9.47 Å². The Hall–Kier alpha value is -5.08. The van der Waals surface area contributed by atoms with Gasteiger partial charge in [-0.25, -0.2) is 0 Å². The fraction of sp³-hybridized carbons (Fsp3) is 0.217. The summed E-state index contributed by atoms with van der Waals surface area (Å²) in [6.07, 6.45) is 6.75. The van der Waals surface area contributed by atoms with Crippen molar-refractivity contribution in [2.24, 2.45) is 0 Å². The lowest BCUT2D eigenvalue weighted by Crippen LogP contribution is -2.35. The monoisotopic (exact) mass is 624 g/mol. The van der Waals surface area contributed by atoms with Gasteiger partial charge in [-0.1, -0.05) is 131 Å². The largest absolute Gasteiger partial charge is 0.497 e. The molecule has 1 atom stereocenters. The highest BCUT2D eigenvalue weighted by Gasteiger charge is 2.47. The first kappa shape index (κ1) is 29.1. The average molecular weight is 625 g/mol. The van der Waals surface area contributed by atoms with E-state index in [2.05, 4.69) is 143 Å². The van der Waals surface area contributed by atoms with Crippen molar-refractivity contribution in [2.45, 2.75) is 57.0 Å². The molecule has 9 rings (SSSR count). The molecule has 1 unspecified atom stereocenters. The van der Waals surface area contributed by atoms with Gasteiger partial charge in [-0.3, -0.25) is 0 Å². The fourth-order valence-electron chi connectivity index (χ4n) is 9.36. The molecule has 0 bridgehead atoms. The maximum atomic E-state index is 7.66. The van der Waals surface area contributed by atoms with Gasteiger partial charge in [0.15, 0.2) is 5.60 Å². The molecule has 1 aliphatic heterocycles. The van der Waals surface area contributed by atoms with Crippen molar-refractivity contribution in [3.05, 3.63) is 160 Å². The predicted octanol–water partition coefficient (Wildman–Crippen LogP) is 11.6. The SMILES string of the molecule is CCC1(CC)c2ccccc2-c2c1c1c(c3ccccc23)OC(c2ccc(OC)cc2)(c2ccc3c(c2)C(C)(C)c2ccccc2-3)C=C1. The van der Waals surface area contributed by atoms with Crippen LogP contribution < -0.4 is 9.47 Å². The van der Waals surface area contributed by atoms with Crippen molar-refractivity contribution in [3.63, 3.8) is 0 Å². The molecular formula is C46H40O2. The van der Waals surface area contributed by atoms with E-state index >= 15 is 0 Å². The third-order valence-corrected chi connectivity index (χ3v) is 11.9. The van der Waals surface area contributed by atoms with Crippen molar-refractivity contribution >= 4 is 16.8 Å². The van der Waals surface area contributed by atoms with Gasteiger partial charge in [0.1, 0.15) is 11.5 Å². The number of methoxy groups -OCH3 is 1. The summed E-state index contributed by atoms with van der Waals surface area (Å²) in [6, 6.07) is 42.2. The molecule has 2 heteroatoms. The normalized spacial score (nSPS) is 18.8. The molecule has 0 N–H and O–H groups in total. The summed E-state index contributed by atoms with van der Waals surface area (Å²) >= 11 is 0. The standard InChI is InChI=1S/C46H40O2/c1-6-45(7-2)39-19-13-11-17-36(39)41-34-15-8-9-16-35(34)43-37(42(41)45)26-27-46(48-43,29-20-23-31(47-5)24-21-29)30-22-25-33-32-14-10-12-18-38(32)44(3,4)40(33)28-30/h8-28H,6-7H2,1-5H3. The minimum atomic E-state index is -0.845. The predicted molar refractivity (Wildman–Crippen MR) is 198 cm³/mol. The molecule has 2 nitrogen and oxygen atoms in total. The third kappa shape index (κ3) is 3.64. The second-order valence-corrected chi connectivity index (χ2v) is 14.2. The Bertz CT molecular complexity index is 2300. The van der Waals surface area contributed by atoms with Gasteiger partial charge in [-0.15, -0.1) is 0 Å². The number of hydrogen-bond donors (Lipinski definition) is 0. The molecule has 3 aliphatic rings.